The van der Waals surface area contributed by atoms with Crippen LogP contribution in [0.25, 0.3) is 5.57 Å². The highest BCUT2D eigenvalue weighted by molar-refractivity contribution is 6.37. The summed E-state index contributed by atoms with van der Waals surface area (Å²) >= 11 is 0. The van der Waals surface area contributed by atoms with E-state index in [0.717, 1.165) is 111 Å². The molecule has 2 atom stereocenters. The van der Waals surface area contributed by atoms with Gasteiger partial charge in [0.25, 0.3) is 0 Å². The van der Waals surface area contributed by atoms with Crippen molar-refractivity contribution in [1.29, 1.82) is 0 Å². The molecule has 0 fully saturated rings. The van der Waals surface area contributed by atoms with Gasteiger partial charge in [-0.25, -0.2) is 4.79 Å². The van der Waals surface area contributed by atoms with Crippen LogP contribution < -0.4 is 10.0 Å². The van der Waals surface area contributed by atoms with Crippen LogP contribution in [0.5, 0.6) is 0 Å². The molecule has 0 saturated carbocycles. The lowest BCUT2D eigenvalue weighted by molar-refractivity contribution is -0.443. The van der Waals surface area contributed by atoms with Gasteiger partial charge in [-0.1, -0.05) is 207 Å². The maximum absolute atomic E-state index is 15.7. The fourth-order valence-electron chi connectivity index (χ4n) is 13.9. The Hall–Kier alpha value is -4.97. The van der Waals surface area contributed by atoms with Gasteiger partial charge in [-0.2, -0.15) is 4.58 Å². The minimum atomic E-state index is -0.939. The van der Waals surface area contributed by atoms with E-state index < -0.39 is 28.1 Å². The van der Waals surface area contributed by atoms with E-state index in [0.29, 0.717) is 12.1 Å². The first kappa shape index (κ1) is 50.0. The monoisotopic (exact) mass is 943 g/mol. The van der Waals surface area contributed by atoms with E-state index >= 15 is 9.90 Å². The van der Waals surface area contributed by atoms with Crippen molar-refractivity contribution in [2.45, 2.75) is 212 Å². The fraction of sp³-hybridized carbons (Fsp3) is 0.547. The van der Waals surface area contributed by atoms with Crippen LogP contribution in [0.3, 0.4) is 0 Å². The molecular weight excluding hydrogens is 861 g/mol. The lowest BCUT2D eigenvalue weighted by Crippen LogP contribution is -2.51. The first-order chi connectivity index (χ1) is 33.6. The first-order valence-corrected chi connectivity index (χ1v) is 27.8. The number of benzene rings is 4. The number of carbonyl (C=O) groups is 2. The molecule has 6 heteroatoms. The van der Waals surface area contributed by atoms with Gasteiger partial charge < -0.3 is 15.1 Å². The minimum absolute atomic E-state index is 0.0763. The van der Waals surface area contributed by atoms with Crippen LogP contribution in [0.15, 0.2) is 72.5 Å². The molecule has 4 aliphatic heterocycles. The maximum Gasteiger partial charge on any atom is 0.335 e. The second-order valence-corrected chi connectivity index (χ2v) is 23.5. The number of hydrogen-bond acceptors (Lipinski definition) is 4. The molecule has 1 aliphatic carbocycles. The Balaban J connectivity index is 1.19. The van der Waals surface area contributed by atoms with Gasteiger partial charge in [-0.05, 0) is 82.5 Å². The molecule has 9 rings (SSSR count). The molecule has 372 valence electrons. The summed E-state index contributed by atoms with van der Waals surface area (Å²) < 4.78 is 2.36. The van der Waals surface area contributed by atoms with Crippen LogP contribution >= 0.6 is 0 Å². The van der Waals surface area contributed by atoms with Gasteiger partial charge in [0, 0.05) is 39.9 Å². The van der Waals surface area contributed by atoms with Crippen molar-refractivity contribution in [3.63, 3.8) is 0 Å². The van der Waals surface area contributed by atoms with E-state index in [9.17, 15) is 9.90 Å². The number of rotatable bonds is 24. The number of aromatic carboxylic acids is 1. The number of fused-ring (bicyclic) bond motifs is 1. The molecule has 0 radical (unpaired) electrons. The van der Waals surface area contributed by atoms with Crippen LogP contribution in [0, 0.1) is 5.92 Å². The van der Waals surface area contributed by atoms with Crippen LogP contribution in [-0.2, 0) is 26.5 Å². The Labute approximate surface area is 420 Å². The molecule has 2 unspecified atom stereocenters. The van der Waals surface area contributed by atoms with Crippen LogP contribution in [-0.4, -0.2) is 33.7 Å². The Bertz CT molecular complexity index is 2660. The van der Waals surface area contributed by atoms with E-state index in [1.807, 2.05) is 12.1 Å². The van der Waals surface area contributed by atoms with Gasteiger partial charge in [-0.15, -0.1) is 0 Å². The molecule has 0 aromatic heterocycles. The highest BCUT2D eigenvalue weighted by Gasteiger charge is 2.59. The maximum atomic E-state index is 15.7. The number of ketones is 1. The predicted molar refractivity (Wildman–Crippen MR) is 287 cm³/mol. The third kappa shape index (κ3) is 8.01. The number of Topliss-reactive ketones (excluding diaryl/α,β-unsaturated/α-hetero) is 1. The number of hydrogen-bond donors (Lipinski definition) is 1. The van der Waals surface area contributed by atoms with Gasteiger partial charge in [-0.3, -0.25) is 4.79 Å². The van der Waals surface area contributed by atoms with Gasteiger partial charge >= 0.3 is 5.97 Å². The number of carboxylic acids is 1. The lowest BCUT2D eigenvalue weighted by Gasteiger charge is -2.55. The standard InChI is InChI=1S/C64H82N2O4/c1-10-13-16-19-21-22-24-26-37-64(36-25-23-20-17-14-11-2)48-39-42(60(69)70)34-35-51(48)65(38-27-18-15-12-3)59(64)53-57(67)52(58(53)68)43-40-49-56-50(41-43)63(8,9)47-33-29-31-45-55(47)66(56)54-44(61(45,4)5)30-28-32-46(54)62(49,6)7/h28-35,39-41,53H,10-27,36-38H2,1-9H3,(H-,67,68,69,70). The topological polar surface area (TPSA) is 83.7 Å². The van der Waals surface area contributed by atoms with Crippen molar-refractivity contribution < 1.29 is 24.4 Å². The molecule has 0 saturated heterocycles. The van der Waals surface area contributed by atoms with Crippen LogP contribution in [0.2, 0.25) is 0 Å². The van der Waals surface area contributed by atoms with Gasteiger partial charge in [0.15, 0.2) is 11.5 Å². The molecule has 6 nitrogen and oxygen atoms in total. The van der Waals surface area contributed by atoms with E-state index in [4.69, 9.17) is 0 Å². The highest BCUT2D eigenvalue weighted by Crippen LogP contribution is 2.66. The molecule has 5 aliphatic rings. The second-order valence-electron chi connectivity index (χ2n) is 23.5. The second kappa shape index (κ2) is 19.6. The van der Waals surface area contributed by atoms with Crippen molar-refractivity contribution in [1.82, 2.24) is 0 Å². The molecule has 4 aromatic rings. The molecule has 1 N–H and O–H groups in total. The zero-order valence-electron chi connectivity index (χ0n) is 44.3. The van der Waals surface area contributed by atoms with Crippen molar-refractivity contribution >= 4 is 45.8 Å². The van der Waals surface area contributed by atoms with Crippen molar-refractivity contribution in [3.05, 3.63) is 123 Å². The zero-order valence-corrected chi connectivity index (χ0v) is 44.3. The summed E-state index contributed by atoms with van der Waals surface area (Å²) in [7, 11) is 0. The van der Waals surface area contributed by atoms with Gasteiger partial charge in [0.2, 0.25) is 5.69 Å². The summed E-state index contributed by atoms with van der Waals surface area (Å²) in [6, 6.07) is 23.7. The molecular formula is C64H82N2O4. The lowest BCUT2D eigenvalue weighted by atomic mass is 9.59. The van der Waals surface area contributed by atoms with Crippen molar-refractivity contribution in [2.24, 2.45) is 5.92 Å². The highest BCUT2D eigenvalue weighted by atomic mass is 16.4. The van der Waals surface area contributed by atoms with Crippen LogP contribution in [0.1, 0.15) is 246 Å². The SMILES string of the molecule is CCCCCCCCCCC1(CCCCCCCC)C(C2C(=O)C(c3cc4c5c(c3)C(C)(C)c3cccc6c3N5c3c(cccc3C4(C)C)C6(C)C)=C2[O-])=[N+](CCCCCC)c2ccc(C(=O)O)cc21. The number of nitrogens with zero attached hydrogens (tertiary/aromatic N) is 2. The zero-order chi connectivity index (χ0) is 49.8. The quantitative estimate of drug-likeness (QED) is 0.0559. The number of carboxylic acid groups (broad SMARTS) is 1. The Kier molecular flexibility index (Phi) is 14.0. The minimum Gasteiger partial charge on any atom is -0.874 e. The molecule has 0 bridgehead atoms. The summed E-state index contributed by atoms with van der Waals surface area (Å²) in [4.78, 5) is 31.1. The summed E-state index contributed by atoms with van der Waals surface area (Å²) in [6.45, 7) is 21.5. The average molecular weight is 943 g/mol. The number of para-hydroxylation sites is 2. The third-order valence-electron chi connectivity index (χ3n) is 18.0. The molecule has 70 heavy (non-hydrogen) atoms. The number of anilines is 3. The normalized spacial score (nSPS) is 20.4. The summed E-state index contributed by atoms with van der Waals surface area (Å²) in [5.74, 6) is -1.99. The Morgan fingerprint density at radius 2 is 1.00 bits per heavy atom. The molecule has 0 spiro atoms. The number of unbranched alkanes of at least 4 members (excludes halogenated alkanes) is 15. The van der Waals surface area contributed by atoms with Crippen molar-refractivity contribution in [2.75, 3.05) is 11.4 Å². The van der Waals surface area contributed by atoms with Crippen molar-refractivity contribution in [3.8, 4) is 0 Å². The van der Waals surface area contributed by atoms with E-state index in [1.54, 1.807) is 6.07 Å². The predicted octanol–water partition coefficient (Wildman–Crippen LogP) is 15.9. The fourth-order valence-corrected chi connectivity index (χ4v) is 13.9. The van der Waals surface area contributed by atoms with Gasteiger partial charge in [0.05, 0.1) is 28.0 Å². The average Bonchev–Trinajstić information content (AvgIpc) is 3.58. The van der Waals surface area contributed by atoms with E-state index in [2.05, 4.69) is 120 Å². The number of allylic oxidation sites excluding steroid dienone is 2. The summed E-state index contributed by atoms with van der Waals surface area (Å²) in [5.41, 5.74) is 13.9. The Morgan fingerprint density at radius 3 is 1.46 bits per heavy atom. The third-order valence-corrected chi connectivity index (χ3v) is 18.0. The first-order valence-electron chi connectivity index (χ1n) is 27.8. The smallest absolute Gasteiger partial charge is 0.335 e. The largest absolute Gasteiger partial charge is 0.874 e. The molecule has 0 amide bonds. The number of carbonyl (C=O) groups excluding carboxylic acids is 1. The van der Waals surface area contributed by atoms with E-state index in [1.165, 1.54) is 90.7 Å². The Morgan fingerprint density at radius 1 is 0.571 bits per heavy atom. The molecule has 4 heterocycles. The van der Waals surface area contributed by atoms with E-state index in [-0.39, 0.29) is 22.5 Å². The van der Waals surface area contributed by atoms with Gasteiger partial charge in [0.1, 0.15) is 12.5 Å². The summed E-state index contributed by atoms with van der Waals surface area (Å²) in [5, 5.41) is 26.2. The summed E-state index contributed by atoms with van der Waals surface area (Å²) in [6.07, 6.45) is 22.1. The van der Waals surface area contributed by atoms with Crippen LogP contribution in [0.4, 0.5) is 22.7 Å². The molecule has 4 aromatic carbocycles.